The van der Waals surface area contributed by atoms with E-state index in [1.54, 1.807) is 18.2 Å². The molecule has 4 rings (SSSR count). The molecule has 1 unspecified atom stereocenters. The van der Waals surface area contributed by atoms with Crippen LogP contribution < -0.4 is 4.74 Å². The Hall–Kier alpha value is -2.83. The molecule has 1 aliphatic heterocycles. The molecular formula is C27H28F3NO2. The molecule has 0 N–H and O–H groups in total. The second kappa shape index (κ2) is 10.9. The highest BCUT2D eigenvalue weighted by Crippen LogP contribution is 2.34. The number of halogens is 3. The summed E-state index contributed by atoms with van der Waals surface area (Å²) < 4.78 is 49.5. The van der Waals surface area contributed by atoms with Crippen LogP contribution in [0.4, 0.5) is 13.2 Å². The van der Waals surface area contributed by atoms with Gasteiger partial charge in [0.1, 0.15) is 5.75 Å². The van der Waals surface area contributed by atoms with E-state index in [4.69, 9.17) is 4.74 Å². The molecule has 1 heterocycles. The summed E-state index contributed by atoms with van der Waals surface area (Å²) in [5.41, 5.74) is 2.84. The third kappa shape index (κ3) is 6.83. The van der Waals surface area contributed by atoms with Crippen LogP contribution in [0.1, 0.15) is 29.0 Å². The van der Waals surface area contributed by atoms with Crippen molar-refractivity contribution in [2.24, 2.45) is 0 Å². The minimum atomic E-state index is -4.73. The molecule has 2 atom stereocenters. The Labute approximate surface area is 192 Å². The van der Waals surface area contributed by atoms with Crippen LogP contribution in [0.15, 0.2) is 84.9 Å². The van der Waals surface area contributed by atoms with Gasteiger partial charge in [-0.3, -0.25) is 4.90 Å². The minimum absolute atomic E-state index is 0.0825. The molecule has 174 valence electrons. The molecule has 0 amide bonds. The van der Waals surface area contributed by atoms with E-state index in [2.05, 4.69) is 21.8 Å². The Balaban J connectivity index is 1.53. The van der Waals surface area contributed by atoms with Crippen molar-refractivity contribution in [1.29, 1.82) is 0 Å². The van der Waals surface area contributed by atoms with E-state index >= 15 is 0 Å². The molecule has 33 heavy (non-hydrogen) atoms. The SMILES string of the molecule is FC(F)(F)Oc1ccccc1CC(c1ccccc1)[C@H]1CCN(Cc2ccccc2)CCO1. The van der Waals surface area contributed by atoms with E-state index in [1.165, 1.54) is 11.6 Å². The van der Waals surface area contributed by atoms with Gasteiger partial charge >= 0.3 is 6.36 Å². The molecule has 3 aromatic rings. The first kappa shape index (κ1) is 23.3. The highest BCUT2D eigenvalue weighted by molar-refractivity contribution is 5.36. The number of hydrogen-bond acceptors (Lipinski definition) is 3. The summed E-state index contributed by atoms with van der Waals surface area (Å²) in [6, 6.07) is 26.6. The van der Waals surface area contributed by atoms with Crippen LogP contribution in [0.3, 0.4) is 0 Å². The molecule has 0 bridgehead atoms. The highest BCUT2D eigenvalue weighted by atomic mass is 19.4. The van der Waals surface area contributed by atoms with Gasteiger partial charge in [0.25, 0.3) is 0 Å². The maximum absolute atomic E-state index is 13.0. The van der Waals surface area contributed by atoms with Crippen LogP contribution in [0.2, 0.25) is 0 Å². The monoisotopic (exact) mass is 455 g/mol. The lowest BCUT2D eigenvalue weighted by atomic mass is 9.85. The van der Waals surface area contributed by atoms with Crippen LogP contribution >= 0.6 is 0 Å². The Kier molecular flexibility index (Phi) is 7.68. The number of nitrogens with zero attached hydrogens (tertiary/aromatic N) is 1. The largest absolute Gasteiger partial charge is 0.573 e. The third-order valence-electron chi connectivity index (χ3n) is 6.03. The zero-order chi connectivity index (χ0) is 23.1. The molecular weight excluding hydrogens is 427 g/mol. The average molecular weight is 456 g/mol. The van der Waals surface area contributed by atoms with Crippen LogP contribution in [0, 0.1) is 0 Å². The molecule has 0 saturated carbocycles. The molecule has 1 aliphatic rings. The lowest BCUT2D eigenvalue weighted by Gasteiger charge is -2.27. The van der Waals surface area contributed by atoms with E-state index in [-0.39, 0.29) is 17.8 Å². The van der Waals surface area contributed by atoms with Crippen LogP contribution in [-0.2, 0) is 17.7 Å². The van der Waals surface area contributed by atoms with E-state index in [9.17, 15) is 13.2 Å². The lowest BCUT2D eigenvalue weighted by Crippen LogP contribution is -2.27. The number of para-hydroxylation sites is 1. The maximum atomic E-state index is 13.0. The van der Waals surface area contributed by atoms with E-state index in [0.717, 1.165) is 31.6 Å². The van der Waals surface area contributed by atoms with Crippen molar-refractivity contribution >= 4 is 0 Å². The standard InChI is InChI=1S/C27H28F3NO2/c28-27(29,30)33-25-14-8-7-13-23(25)19-24(22-11-5-2-6-12-22)26-15-16-31(17-18-32-26)20-21-9-3-1-4-10-21/h1-14,24,26H,15-20H2/t24?,26-/m1/s1. The molecule has 0 radical (unpaired) electrons. The fraction of sp³-hybridized carbons (Fsp3) is 0.333. The van der Waals surface area contributed by atoms with E-state index in [1.807, 2.05) is 48.5 Å². The van der Waals surface area contributed by atoms with Crippen molar-refractivity contribution in [1.82, 2.24) is 4.90 Å². The lowest BCUT2D eigenvalue weighted by molar-refractivity contribution is -0.274. The number of benzene rings is 3. The summed E-state index contributed by atoms with van der Waals surface area (Å²) in [5, 5.41) is 0. The number of rotatable bonds is 7. The molecule has 1 fully saturated rings. The fourth-order valence-electron chi connectivity index (χ4n) is 4.45. The molecule has 0 aliphatic carbocycles. The second-order valence-electron chi connectivity index (χ2n) is 8.34. The summed E-state index contributed by atoms with van der Waals surface area (Å²) in [5.74, 6) is -0.230. The predicted octanol–water partition coefficient (Wildman–Crippen LogP) is 6.20. The van der Waals surface area contributed by atoms with Gasteiger partial charge < -0.3 is 9.47 Å². The van der Waals surface area contributed by atoms with Gasteiger partial charge in [-0.1, -0.05) is 78.9 Å². The normalized spacial score (nSPS) is 18.5. The Bertz CT molecular complexity index is 995. The molecule has 6 heteroatoms. The van der Waals surface area contributed by atoms with Gasteiger partial charge in [-0.05, 0) is 35.6 Å². The molecule has 1 saturated heterocycles. The van der Waals surface area contributed by atoms with E-state index < -0.39 is 6.36 Å². The minimum Gasteiger partial charge on any atom is -0.406 e. The number of alkyl halides is 3. The first-order valence-corrected chi connectivity index (χ1v) is 11.2. The smallest absolute Gasteiger partial charge is 0.406 e. The topological polar surface area (TPSA) is 21.7 Å². The zero-order valence-corrected chi connectivity index (χ0v) is 18.4. The van der Waals surface area contributed by atoms with Crippen molar-refractivity contribution in [2.45, 2.75) is 37.8 Å². The zero-order valence-electron chi connectivity index (χ0n) is 18.4. The van der Waals surface area contributed by atoms with Crippen molar-refractivity contribution < 1.29 is 22.6 Å². The van der Waals surface area contributed by atoms with Crippen molar-refractivity contribution in [3.8, 4) is 5.75 Å². The van der Waals surface area contributed by atoms with Gasteiger partial charge in [0.2, 0.25) is 0 Å². The fourth-order valence-corrected chi connectivity index (χ4v) is 4.45. The van der Waals surface area contributed by atoms with Crippen LogP contribution in [0.5, 0.6) is 5.75 Å². The van der Waals surface area contributed by atoms with Gasteiger partial charge in [0, 0.05) is 25.6 Å². The molecule has 0 aromatic heterocycles. The Morgan fingerprint density at radius 2 is 1.55 bits per heavy atom. The van der Waals surface area contributed by atoms with Crippen LogP contribution in [0.25, 0.3) is 0 Å². The van der Waals surface area contributed by atoms with E-state index in [0.29, 0.717) is 18.6 Å². The first-order chi connectivity index (χ1) is 16.0. The highest BCUT2D eigenvalue weighted by Gasteiger charge is 2.33. The Morgan fingerprint density at radius 1 is 0.879 bits per heavy atom. The van der Waals surface area contributed by atoms with Gasteiger partial charge in [-0.25, -0.2) is 0 Å². The van der Waals surface area contributed by atoms with Crippen molar-refractivity contribution in [2.75, 3.05) is 19.7 Å². The summed E-state index contributed by atoms with van der Waals surface area (Å²) in [6.07, 6.45) is -3.63. The summed E-state index contributed by atoms with van der Waals surface area (Å²) in [4.78, 5) is 2.37. The van der Waals surface area contributed by atoms with Gasteiger partial charge in [-0.15, -0.1) is 13.2 Å². The van der Waals surface area contributed by atoms with Gasteiger partial charge in [0.05, 0.1) is 12.7 Å². The van der Waals surface area contributed by atoms with Gasteiger partial charge in [-0.2, -0.15) is 0 Å². The second-order valence-corrected chi connectivity index (χ2v) is 8.34. The predicted molar refractivity (Wildman–Crippen MR) is 122 cm³/mol. The molecule has 3 aromatic carbocycles. The summed E-state index contributed by atoms with van der Waals surface area (Å²) >= 11 is 0. The van der Waals surface area contributed by atoms with Crippen molar-refractivity contribution in [3.63, 3.8) is 0 Å². The molecule has 3 nitrogen and oxygen atoms in total. The maximum Gasteiger partial charge on any atom is 0.573 e. The summed E-state index contributed by atoms with van der Waals surface area (Å²) in [6.45, 7) is 3.13. The quantitative estimate of drug-likeness (QED) is 0.423. The Morgan fingerprint density at radius 3 is 2.27 bits per heavy atom. The van der Waals surface area contributed by atoms with Crippen molar-refractivity contribution in [3.05, 3.63) is 102 Å². The average Bonchev–Trinajstić information content (AvgIpc) is 3.04. The molecule has 0 spiro atoms. The number of hydrogen-bond donors (Lipinski definition) is 0. The number of ether oxygens (including phenoxy) is 2. The third-order valence-corrected chi connectivity index (χ3v) is 6.03. The first-order valence-electron chi connectivity index (χ1n) is 11.2. The summed E-state index contributed by atoms with van der Waals surface area (Å²) in [7, 11) is 0. The van der Waals surface area contributed by atoms with Gasteiger partial charge in [0.15, 0.2) is 0 Å². The van der Waals surface area contributed by atoms with Crippen LogP contribution in [-0.4, -0.2) is 37.1 Å².